The number of carbonyl (C=O) groups is 1. The third kappa shape index (κ3) is 3.51. The van der Waals surface area contributed by atoms with E-state index < -0.39 is 0 Å². The number of ether oxygens (including phenoxy) is 1. The Morgan fingerprint density at radius 3 is 2.58 bits per heavy atom. The van der Waals surface area contributed by atoms with Gasteiger partial charge in [0.05, 0.1) is 6.61 Å². The van der Waals surface area contributed by atoms with E-state index in [4.69, 9.17) is 4.74 Å². The molecule has 19 heavy (non-hydrogen) atoms. The summed E-state index contributed by atoms with van der Waals surface area (Å²) >= 11 is 1.58. The van der Waals surface area contributed by atoms with Gasteiger partial charge >= 0.3 is 5.97 Å². The monoisotopic (exact) mass is 274 g/mol. The zero-order valence-electron chi connectivity index (χ0n) is 11.3. The van der Waals surface area contributed by atoms with E-state index in [0.29, 0.717) is 6.61 Å². The largest absolute Gasteiger partial charge is 0.465 e. The smallest absolute Gasteiger partial charge is 0.319 e. The molecule has 0 aliphatic rings. The van der Waals surface area contributed by atoms with Crippen molar-refractivity contribution in [1.29, 1.82) is 0 Å². The Bertz CT molecular complexity index is 565. The van der Waals surface area contributed by atoms with Crippen molar-refractivity contribution in [3.8, 4) is 0 Å². The zero-order chi connectivity index (χ0) is 13.7. The first-order chi connectivity index (χ1) is 9.24. The maximum Gasteiger partial charge on any atom is 0.319 e. The van der Waals surface area contributed by atoms with Crippen molar-refractivity contribution in [3.63, 3.8) is 0 Å². The predicted molar refractivity (Wildman–Crippen MR) is 80.5 cm³/mol. The zero-order valence-corrected chi connectivity index (χ0v) is 12.1. The Morgan fingerprint density at radius 2 is 1.89 bits per heavy atom. The van der Waals surface area contributed by atoms with E-state index >= 15 is 0 Å². The molecule has 0 heterocycles. The van der Waals surface area contributed by atoms with Gasteiger partial charge in [-0.05, 0) is 36.2 Å². The first-order valence-corrected chi connectivity index (χ1v) is 7.44. The molecule has 0 amide bonds. The van der Waals surface area contributed by atoms with Crippen molar-refractivity contribution in [3.05, 3.63) is 42.5 Å². The summed E-state index contributed by atoms with van der Waals surface area (Å²) in [4.78, 5) is 12.9. The fourth-order valence-electron chi connectivity index (χ4n) is 1.94. The van der Waals surface area contributed by atoms with Crippen LogP contribution < -0.4 is 0 Å². The molecule has 1 atom stereocenters. The van der Waals surface area contributed by atoms with Gasteiger partial charge < -0.3 is 4.74 Å². The molecule has 2 aromatic carbocycles. The third-order valence-corrected chi connectivity index (χ3v) is 4.26. The number of esters is 1. The molecule has 0 N–H and O–H groups in total. The van der Waals surface area contributed by atoms with Crippen LogP contribution in [-0.2, 0) is 9.53 Å². The quantitative estimate of drug-likeness (QED) is 0.601. The highest BCUT2D eigenvalue weighted by Crippen LogP contribution is 2.29. The van der Waals surface area contributed by atoms with Gasteiger partial charge in [-0.25, -0.2) is 0 Å². The van der Waals surface area contributed by atoms with Crippen LogP contribution in [0.5, 0.6) is 0 Å². The Kier molecular flexibility index (Phi) is 4.86. The second-order valence-corrected chi connectivity index (χ2v) is 5.55. The summed E-state index contributed by atoms with van der Waals surface area (Å²) in [5, 5.41) is 2.29. The molecule has 2 aromatic rings. The normalized spacial score (nSPS) is 12.3. The number of rotatable bonds is 5. The minimum Gasteiger partial charge on any atom is -0.465 e. The van der Waals surface area contributed by atoms with Crippen LogP contribution in [0.1, 0.15) is 20.3 Å². The lowest BCUT2D eigenvalue weighted by molar-refractivity contribution is -0.142. The van der Waals surface area contributed by atoms with E-state index in [-0.39, 0.29) is 11.2 Å². The van der Waals surface area contributed by atoms with Gasteiger partial charge in [0.15, 0.2) is 0 Å². The van der Waals surface area contributed by atoms with Gasteiger partial charge in [0.25, 0.3) is 0 Å². The molecule has 0 aliphatic heterocycles. The lowest BCUT2D eigenvalue weighted by atomic mass is 10.1. The van der Waals surface area contributed by atoms with E-state index in [0.717, 1.165) is 11.3 Å². The molecule has 1 unspecified atom stereocenters. The lowest BCUT2D eigenvalue weighted by Gasteiger charge is -2.13. The fourth-order valence-corrected chi connectivity index (χ4v) is 2.94. The van der Waals surface area contributed by atoms with Crippen molar-refractivity contribution in [2.45, 2.75) is 30.4 Å². The predicted octanol–water partition coefficient (Wildman–Crippen LogP) is 4.27. The van der Waals surface area contributed by atoms with Crippen molar-refractivity contribution >= 4 is 28.5 Å². The Morgan fingerprint density at radius 1 is 1.16 bits per heavy atom. The number of carbonyl (C=O) groups excluding carboxylic acids is 1. The molecule has 0 spiro atoms. The Balaban J connectivity index is 2.17. The van der Waals surface area contributed by atoms with E-state index in [1.54, 1.807) is 11.8 Å². The van der Waals surface area contributed by atoms with Crippen LogP contribution in [0.25, 0.3) is 10.8 Å². The van der Waals surface area contributed by atoms with E-state index in [2.05, 4.69) is 30.3 Å². The summed E-state index contributed by atoms with van der Waals surface area (Å²) in [6.07, 6.45) is 0.774. The average molecular weight is 274 g/mol. The molecule has 0 aromatic heterocycles. The molecule has 0 aliphatic carbocycles. The summed E-state index contributed by atoms with van der Waals surface area (Å²) in [6.45, 7) is 4.29. The van der Waals surface area contributed by atoms with Crippen LogP contribution in [0.3, 0.4) is 0 Å². The van der Waals surface area contributed by atoms with Gasteiger partial charge in [-0.1, -0.05) is 37.3 Å². The van der Waals surface area contributed by atoms with Gasteiger partial charge in [-0.15, -0.1) is 11.8 Å². The number of benzene rings is 2. The molecule has 3 heteroatoms. The minimum atomic E-state index is -0.124. The second kappa shape index (κ2) is 6.62. The summed E-state index contributed by atoms with van der Waals surface area (Å²) in [5.41, 5.74) is 0. The summed E-state index contributed by atoms with van der Waals surface area (Å²) in [6, 6.07) is 14.5. The molecule has 2 rings (SSSR count). The number of fused-ring (bicyclic) bond motifs is 1. The summed E-state index contributed by atoms with van der Waals surface area (Å²) in [5.74, 6) is -0.122. The van der Waals surface area contributed by atoms with Gasteiger partial charge in [0, 0.05) is 4.90 Å². The van der Waals surface area contributed by atoms with Crippen molar-refractivity contribution in [2.75, 3.05) is 6.61 Å². The Hall–Kier alpha value is -1.48. The summed E-state index contributed by atoms with van der Waals surface area (Å²) < 4.78 is 5.09. The van der Waals surface area contributed by atoms with Crippen LogP contribution in [-0.4, -0.2) is 17.8 Å². The first-order valence-electron chi connectivity index (χ1n) is 6.56. The number of thioether (sulfide) groups is 1. The second-order valence-electron chi connectivity index (χ2n) is 4.28. The highest BCUT2D eigenvalue weighted by atomic mass is 32.2. The fraction of sp³-hybridized carbons (Fsp3) is 0.312. The van der Waals surface area contributed by atoms with E-state index in [1.165, 1.54) is 10.8 Å². The molecular formula is C16H18O2S. The highest BCUT2D eigenvalue weighted by molar-refractivity contribution is 8.00. The molecule has 0 saturated heterocycles. The minimum absolute atomic E-state index is 0.122. The van der Waals surface area contributed by atoms with Gasteiger partial charge in [-0.3, -0.25) is 4.79 Å². The molecule has 0 radical (unpaired) electrons. The Labute approximate surface area is 118 Å². The molecule has 2 nitrogen and oxygen atoms in total. The standard InChI is InChI=1S/C16H18O2S/c1-3-15(16(17)18-4-2)19-14-10-9-12-7-5-6-8-13(12)11-14/h5-11,15H,3-4H2,1-2H3. The van der Waals surface area contributed by atoms with Crippen LogP contribution in [0.2, 0.25) is 0 Å². The molecule has 100 valence electrons. The maximum absolute atomic E-state index is 11.8. The van der Waals surface area contributed by atoms with Gasteiger partial charge in [-0.2, -0.15) is 0 Å². The number of hydrogen-bond donors (Lipinski definition) is 0. The van der Waals surface area contributed by atoms with Crippen LogP contribution >= 0.6 is 11.8 Å². The van der Waals surface area contributed by atoms with Crippen molar-refractivity contribution < 1.29 is 9.53 Å². The van der Waals surface area contributed by atoms with Gasteiger partial charge in [0.1, 0.15) is 5.25 Å². The van der Waals surface area contributed by atoms with Gasteiger partial charge in [0.2, 0.25) is 0 Å². The van der Waals surface area contributed by atoms with Crippen LogP contribution in [0.15, 0.2) is 47.4 Å². The molecule has 0 bridgehead atoms. The lowest BCUT2D eigenvalue weighted by Crippen LogP contribution is -2.19. The molecule has 0 fully saturated rings. The highest BCUT2D eigenvalue weighted by Gasteiger charge is 2.18. The molecular weight excluding hydrogens is 256 g/mol. The van der Waals surface area contributed by atoms with E-state index in [1.807, 2.05) is 26.0 Å². The topological polar surface area (TPSA) is 26.3 Å². The third-order valence-electron chi connectivity index (χ3n) is 2.92. The van der Waals surface area contributed by atoms with E-state index in [9.17, 15) is 4.79 Å². The SMILES string of the molecule is CCOC(=O)C(CC)Sc1ccc2ccccc2c1. The molecule has 0 saturated carbocycles. The average Bonchev–Trinajstić information content (AvgIpc) is 2.44. The van der Waals surface area contributed by atoms with Crippen molar-refractivity contribution in [1.82, 2.24) is 0 Å². The number of hydrogen-bond acceptors (Lipinski definition) is 3. The summed E-state index contributed by atoms with van der Waals surface area (Å²) in [7, 11) is 0. The van der Waals surface area contributed by atoms with Crippen LogP contribution in [0.4, 0.5) is 0 Å². The first kappa shape index (κ1) is 13.9. The maximum atomic E-state index is 11.8. The van der Waals surface area contributed by atoms with Crippen LogP contribution in [0, 0.1) is 0 Å². The van der Waals surface area contributed by atoms with Crippen molar-refractivity contribution in [2.24, 2.45) is 0 Å².